The molecule has 0 fully saturated rings. The second kappa shape index (κ2) is 6.42. The van der Waals surface area contributed by atoms with Crippen molar-refractivity contribution in [2.24, 2.45) is 0 Å². The van der Waals surface area contributed by atoms with Gasteiger partial charge in [0, 0.05) is 22.0 Å². The fourth-order valence-corrected chi connectivity index (χ4v) is 2.44. The van der Waals surface area contributed by atoms with Gasteiger partial charge in [-0.25, -0.2) is 0 Å². The van der Waals surface area contributed by atoms with Crippen LogP contribution in [0.25, 0.3) is 0 Å². The molecule has 19 heavy (non-hydrogen) atoms. The zero-order chi connectivity index (χ0) is 13.8. The Morgan fingerprint density at radius 3 is 2.26 bits per heavy atom. The van der Waals surface area contributed by atoms with Crippen LogP contribution in [0.4, 0.5) is 0 Å². The van der Waals surface area contributed by atoms with Gasteiger partial charge in [0.25, 0.3) is 0 Å². The van der Waals surface area contributed by atoms with Gasteiger partial charge in [-0.3, -0.25) is 0 Å². The number of aliphatic hydroxyl groups is 1. The normalized spacial score (nSPS) is 12.4. The molecule has 2 rings (SSSR count). The van der Waals surface area contributed by atoms with Crippen molar-refractivity contribution in [2.75, 3.05) is 0 Å². The fourth-order valence-electron chi connectivity index (χ4n) is 2.01. The largest absolute Gasteiger partial charge is 0.388 e. The van der Waals surface area contributed by atoms with Crippen LogP contribution in [0.15, 0.2) is 42.5 Å². The van der Waals surface area contributed by atoms with Crippen molar-refractivity contribution in [3.8, 4) is 0 Å². The van der Waals surface area contributed by atoms with Gasteiger partial charge in [0.2, 0.25) is 0 Å². The second-order valence-electron chi connectivity index (χ2n) is 4.56. The van der Waals surface area contributed by atoms with E-state index in [2.05, 4.69) is 19.1 Å². The lowest BCUT2D eigenvalue weighted by molar-refractivity contribution is 0.178. The van der Waals surface area contributed by atoms with E-state index in [1.54, 1.807) is 18.2 Å². The van der Waals surface area contributed by atoms with E-state index >= 15 is 0 Å². The molecule has 1 nitrogen and oxygen atoms in total. The first-order chi connectivity index (χ1) is 9.10. The second-order valence-corrected chi connectivity index (χ2v) is 5.40. The highest BCUT2D eigenvalue weighted by molar-refractivity contribution is 6.33. The van der Waals surface area contributed by atoms with Crippen LogP contribution in [-0.4, -0.2) is 5.11 Å². The number of benzene rings is 2. The molecule has 0 heterocycles. The Bertz CT molecular complexity index is 549. The number of aryl methyl sites for hydroxylation is 1. The maximum atomic E-state index is 10.3. The molecule has 1 atom stereocenters. The average molecular weight is 295 g/mol. The number of aliphatic hydroxyl groups excluding tert-OH is 1. The molecule has 2 aromatic rings. The summed E-state index contributed by atoms with van der Waals surface area (Å²) in [7, 11) is 0. The lowest BCUT2D eigenvalue weighted by Gasteiger charge is -2.13. The van der Waals surface area contributed by atoms with Gasteiger partial charge in [0.15, 0.2) is 0 Å². The summed E-state index contributed by atoms with van der Waals surface area (Å²) >= 11 is 12.0. The van der Waals surface area contributed by atoms with Crippen molar-refractivity contribution in [3.63, 3.8) is 0 Å². The van der Waals surface area contributed by atoms with E-state index in [1.807, 2.05) is 12.1 Å². The minimum absolute atomic E-state index is 0.532. The lowest BCUT2D eigenvalue weighted by atomic mass is 10.00. The smallest absolute Gasteiger partial charge is 0.0845 e. The summed E-state index contributed by atoms with van der Waals surface area (Å²) < 4.78 is 0. The van der Waals surface area contributed by atoms with E-state index in [0.29, 0.717) is 22.0 Å². The number of rotatable bonds is 4. The Balaban J connectivity index is 2.15. The van der Waals surface area contributed by atoms with Gasteiger partial charge in [0.1, 0.15) is 0 Å². The summed E-state index contributed by atoms with van der Waals surface area (Å²) in [6.45, 7) is 2.12. The van der Waals surface area contributed by atoms with Gasteiger partial charge >= 0.3 is 0 Å². The Morgan fingerprint density at radius 2 is 1.63 bits per heavy atom. The van der Waals surface area contributed by atoms with E-state index in [0.717, 1.165) is 12.0 Å². The predicted molar refractivity (Wildman–Crippen MR) is 80.9 cm³/mol. The first-order valence-electron chi connectivity index (χ1n) is 6.31. The van der Waals surface area contributed by atoms with E-state index < -0.39 is 6.10 Å². The van der Waals surface area contributed by atoms with Crippen molar-refractivity contribution < 1.29 is 5.11 Å². The molecule has 1 unspecified atom stereocenters. The Hall–Kier alpha value is -1.02. The maximum absolute atomic E-state index is 10.3. The van der Waals surface area contributed by atoms with Gasteiger partial charge in [-0.1, -0.05) is 54.4 Å². The van der Waals surface area contributed by atoms with Crippen LogP contribution in [0.5, 0.6) is 0 Å². The van der Waals surface area contributed by atoms with E-state index in [9.17, 15) is 5.11 Å². The topological polar surface area (TPSA) is 20.2 Å². The summed E-state index contributed by atoms with van der Waals surface area (Å²) in [6.07, 6.45) is 0.909. The molecule has 0 amide bonds. The summed E-state index contributed by atoms with van der Waals surface area (Å²) in [5, 5.41) is 11.4. The van der Waals surface area contributed by atoms with Crippen molar-refractivity contribution >= 4 is 23.2 Å². The van der Waals surface area contributed by atoms with E-state index in [-0.39, 0.29) is 0 Å². The van der Waals surface area contributed by atoms with Crippen molar-refractivity contribution in [1.82, 2.24) is 0 Å². The summed E-state index contributed by atoms with van der Waals surface area (Å²) in [5.41, 5.74) is 3.05. The molecular weight excluding hydrogens is 279 g/mol. The fraction of sp³-hybridized carbons (Fsp3) is 0.250. The molecule has 0 radical (unpaired) electrons. The third kappa shape index (κ3) is 3.73. The molecule has 2 aromatic carbocycles. The van der Waals surface area contributed by atoms with Gasteiger partial charge in [-0.2, -0.15) is 0 Å². The van der Waals surface area contributed by atoms with Gasteiger partial charge in [0.05, 0.1) is 6.10 Å². The maximum Gasteiger partial charge on any atom is 0.0845 e. The molecule has 0 aliphatic heterocycles. The average Bonchev–Trinajstić information content (AvgIpc) is 2.42. The first kappa shape index (κ1) is 14.4. The molecule has 0 bridgehead atoms. The van der Waals surface area contributed by atoms with Crippen LogP contribution in [0.1, 0.15) is 29.7 Å². The van der Waals surface area contributed by atoms with Crippen molar-refractivity contribution in [1.29, 1.82) is 0 Å². The minimum atomic E-state index is -0.640. The van der Waals surface area contributed by atoms with Crippen molar-refractivity contribution in [2.45, 2.75) is 25.9 Å². The third-order valence-corrected chi connectivity index (χ3v) is 3.76. The summed E-state index contributed by atoms with van der Waals surface area (Å²) in [4.78, 5) is 0. The van der Waals surface area contributed by atoms with Crippen molar-refractivity contribution in [3.05, 3.63) is 69.2 Å². The molecule has 0 aromatic heterocycles. The molecular formula is C16H16Cl2O. The van der Waals surface area contributed by atoms with Gasteiger partial charge < -0.3 is 5.11 Å². The summed E-state index contributed by atoms with van der Waals surface area (Å²) in [5.74, 6) is 0. The molecule has 0 aliphatic rings. The highest BCUT2D eigenvalue weighted by Gasteiger charge is 2.13. The highest BCUT2D eigenvalue weighted by atomic mass is 35.5. The zero-order valence-corrected chi connectivity index (χ0v) is 12.2. The molecule has 100 valence electrons. The molecule has 1 N–H and O–H groups in total. The number of hydrogen-bond donors (Lipinski definition) is 1. The standard InChI is InChI=1S/C16H16Cl2O/c1-2-11-3-5-12(6-4-11)9-16(19)14-10-13(17)7-8-15(14)18/h3-8,10,16,19H,2,9H2,1H3. The summed E-state index contributed by atoms with van der Waals surface area (Å²) in [6, 6.07) is 13.4. The Kier molecular flexibility index (Phi) is 4.87. The molecule has 0 aliphatic carbocycles. The van der Waals surface area contributed by atoms with Crippen LogP contribution >= 0.6 is 23.2 Å². The number of halogens is 2. The minimum Gasteiger partial charge on any atom is -0.388 e. The molecule has 3 heteroatoms. The molecule has 0 saturated heterocycles. The molecule has 0 saturated carbocycles. The third-order valence-electron chi connectivity index (χ3n) is 3.18. The first-order valence-corrected chi connectivity index (χ1v) is 7.06. The Labute approximate surface area is 123 Å². The van der Waals surface area contributed by atoms with Gasteiger partial charge in [-0.05, 0) is 35.7 Å². The predicted octanol–water partition coefficient (Wildman–Crippen LogP) is 4.83. The van der Waals surface area contributed by atoms with E-state index in [1.165, 1.54) is 5.56 Å². The lowest BCUT2D eigenvalue weighted by Crippen LogP contribution is -2.02. The van der Waals surface area contributed by atoms with E-state index in [4.69, 9.17) is 23.2 Å². The monoisotopic (exact) mass is 294 g/mol. The highest BCUT2D eigenvalue weighted by Crippen LogP contribution is 2.28. The Morgan fingerprint density at radius 1 is 1.00 bits per heavy atom. The number of hydrogen-bond acceptors (Lipinski definition) is 1. The van der Waals surface area contributed by atoms with Crippen LogP contribution in [0.2, 0.25) is 10.0 Å². The SMILES string of the molecule is CCc1ccc(CC(O)c2cc(Cl)ccc2Cl)cc1. The van der Waals surface area contributed by atoms with Gasteiger partial charge in [-0.15, -0.1) is 0 Å². The van der Waals surface area contributed by atoms with Crippen LogP contribution in [0.3, 0.4) is 0 Å². The molecule has 0 spiro atoms. The van der Waals surface area contributed by atoms with Crippen LogP contribution < -0.4 is 0 Å². The van der Waals surface area contributed by atoms with Crippen LogP contribution in [-0.2, 0) is 12.8 Å². The van der Waals surface area contributed by atoms with Crippen LogP contribution in [0, 0.1) is 0 Å². The zero-order valence-electron chi connectivity index (χ0n) is 10.7. The quantitative estimate of drug-likeness (QED) is 0.856.